The summed E-state index contributed by atoms with van der Waals surface area (Å²) in [7, 11) is 0. The highest BCUT2D eigenvalue weighted by Crippen LogP contribution is 2.24. The molecule has 0 spiro atoms. The van der Waals surface area contributed by atoms with E-state index in [1.165, 1.54) is 5.56 Å². The fourth-order valence-corrected chi connectivity index (χ4v) is 2.51. The quantitative estimate of drug-likeness (QED) is 0.860. The lowest BCUT2D eigenvalue weighted by atomic mass is 9.94. The number of benzene rings is 1. The Hall–Kier alpha value is -0.900. The number of aliphatic hydroxyl groups is 1. The smallest absolute Gasteiger partial charge is 0.0681 e. The molecule has 1 heterocycles. The minimum Gasteiger partial charge on any atom is -0.392 e. The van der Waals surface area contributed by atoms with Crippen LogP contribution in [0.1, 0.15) is 37.8 Å². The van der Waals surface area contributed by atoms with E-state index < -0.39 is 0 Å². The van der Waals surface area contributed by atoms with Gasteiger partial charge in [0.2, 0.25) is 0 Å². The van der Waals surface area contributed by atoms with Gasteiger partial charge < -0.3 is 15.2 Å². The lowest BCUT2D eigenvalue weighted by Gasteiger charge is -2.36. The van der Waals surface area contributed by atoms with Gasteiger partial charge in [-0.05, 0) is 37.8 Å². The summed E-state index contributed by atoms with van der Waals surface area (Å²) < 4.78 is 5.71. The van der Waals surface area contributed by atoms with Crippen molar-refractivity contribution >= 4 is 0 Å². The molecule has 0 bridgehead atoms. The molecule has 0 aliphatic carbocycles. The third-order valence-electron chi connectivity index (χ3n) is 3.47. The van der Waals surface area contributed by atoms with Gasteiger partial charge >= 0.3 is 0 Å². The van der Waals surface area contributed by atoms with E-state index in [0.717, 1.165) is 31.6 Å². The maximum Gasteiger partial charge on any atom is 0.0681 e. The molecule has 1 aromatic rings. The van der Waals surface area contributed by atoms with Gasteiger partial charge in [-0.25, -0.2) is 0 Å². The first-order valence-corrected chi connectivity index (χ1v) is 6.65. The van der Waals surface area contributed by atoms with Crippen LogP contribution in [0.3, 0.4) is 0 Å². The molecule has 3 heteroatoms. The highest BCUT2D eigenvalue weighted by molar-refractivity contribution is 5.22. The van der Waals surface area contributed by atoms with Crippen molar-refractivity contribution in [1.82, 2.24) is 5.32 Å². The number of aliphatic hydroxyl groups excluding tert-OH is 1. The molecule has 100 valence electrons. The van der Waals surface area contributed by atoms with E-state index >= 15 is 0 Å². The van der Waals surface area contributed by atoms with Gasteiger partial charge in [0.15, 0.2) is 0 Å². The summed E-state index contributed by atoms with van der Waals surface area (Å²) >= 11 is 0. The molecule has 1 aromatic carbocycles. The average Bonchev–Trinajstić information content (AvgIpc) is 2.35. The molecule has 0 amide bonds. The number of hydrogen-bond acceptors (Lipinski definition) is 3. The van der Waals surface area contributed by atoms with Crippen LogP contribution in [-0.2, 0) is 17.9 Å². The lowest BCUT2D eigenvalue weighted by molar-refractivity contribution is -0.0630. The molecular formula is C15H23NO2. The van der Waals surface area contributed by atoms with Gasteiger partial charge in [-0.1, -0.05) is 24.3 Å². The summed E-state index contributed by atoms with van der Waals surface area (Å²) in [6.07, 6.45) is 2.12. The summed E-state index contributed by atoms with van der Waals surface area (Å²) in [6.45, 7) is 6.09. The van der Waals surface area contributed by atoms with Gasteiger partial charge in [0.25, 0.3) is 0 Å². The lowest BCUT2D eigenvalue weighted by Crippen LogP contribution is -2.43. The first-order chi connectivity index (χ1) is 8.59. The molecule has 1 aliphatic heterocycles. The number of nitrogens with one attached hydrogen (secondary N) is 1. The average molecular weight is 249 g/mol. The van der Waals surface area contributed by atoms with Gasteiger partial charge in [0.1, 0.15) is 0 Å². The molecular weight excluding hydrogens is 226 g/mol. The van der Waals surface area contributed by atoms with Crippen LogP contribution in [0, 0.1) is 0 Å². The third-order valence-corrected chi connectivity index (χ3v) is 3.47. The fourth-order valence-electron chi connectivity index (χ4n) is 2.51. The van der Waals surface area contributed by atoms with Crippen molar-refractivity contribution in [2.45, 2.75) is 51.5 Å². The molecule has 2 rings (SSSR count). The van der Waals surface area contributed by atoms with Gasteiger partial charge in [0, 0.05) is 19.2 Å². The molecule has 0 aromatic heterocycles. The second-order valence-electron chi connectivity index (χ2n) is 5.66. The summed E-state index contributed by atoms with van der Waals surface area (Å²) in [6, 6.07) is 8.61. The number of rotatable bonds is 4. The van der Waals surface area contributed by atoms with Crippen LogP contribution >= 0.6 is 0 Å². The molecule has 1 aliphatic rings. The predicted molar refractivity (Wildman–Crippen MR) is 72.3 cm³/mol. The second-order valence-corrected chi connectivity index (χ2v) is 5.66. The zero-order chi connectivity index (χ0) is 13.0. The van der Waals surface area contributed by atoms with Crippen molar-refractivity contribution in [1.29, 1.82) is 0 Å². The third kappa shape index (κ3) is 3.80. The number of ether oxygens (including phenoxy) is 1. The highest BCUT2D eigenvalue weighted by atomic mass is 16.5. The molecule has 0 saturated carbocycles. The molecule has 3 nitrogen and oxygen atoms in total. The summed E-state index contributed by atoms with van der Waals surface area (Å²) in [4.78, 5) is 0. The van der Waals surface area contributed by atoms with E-state index in [0.29, 0.717) is 6.04 Å². The van der Waals surface area contributed by atoms with E-state index in [4.69, 9.17) is 9.84 Å². The van der Waals surface area contributed by atoms with E-state index in [9.17, 15) is 0 Å². The minimum atomic E-state index is -0.0110. The maximum absolute atomic E-state index is 9.11. The van der Waals surface area contributed by atoms with E-state index in [1.54, 1.807) is 0 Å². The first-order valence-electron chi connectivity index (χ1n) is 6.65. The molecule has 1 unspecified atom stereocenters. The molecule has 18 heavy (non-hydrogen) atoms. The maximum atomic E-state index is 9.11. The van der Waals surface area contributed by atoms with Gasteiger partial charge in [-0.2, -0.15) is 0 Å². The normalized spacial score (nSPS) is 22.9. The van der Waals surface area contributed by atoms with Gasteiger partial charge in [-0.15, -0.1) is 0 Å². The van der Waals surface area contributed by atoms with Crippen molar-refractivity contribution in [3.05, 3.63) is 35.4 Å². The van der Waals surface area contributed by atoms with Crippen LogP contribution < -0.4 is 5.32 Å². The highest BCUT2D eigenvalue weighted by Gasteiger charge is 2.28. The zero-order valence-electron chi connectivity index (χ0n) is 11.3. The monoisotopic (exact) mass is 249 g/mol. The summed E-state index contributed by atoms with van der Waals surface area (Å²) in [5.74, 6) is 0. The van der Waals surface area contributed by atoms with Crippen LogP contribution in [-0.4, -0.2) is 23.4 Å². The van der Waals surface area contributed by atoms with Gasteiger partial charge in [0.05, 0.1) is 12.2 Å². The zero-order valence-corrected chi connectivity index (χ0v) is 11.3. The Morgan fingerprint density at radius 1 is 1.39 bits per heavy atom. The van der Waals surface area contributed by atoms with Crippen LogP contribution in [0.2, 0.25) is 0 Å². The Balaban J connectivity index is 1.87. The predicted octanol–water partition coefficient (Wildman–Crippen LogP) is 2.23. The SMILES string of the molecule is CC1(C)CC(NCc2cccc(CO)c2)CCO1. The van der Waals surface area contributed by atoms with Crippen LogP contribution in [0.25, 0.3) is 0 Å². The molecule has 1 fully saturated rings. The largest absolute Gasteiger partial charge is 0.392 e. The standard InChI is InChI=1S/C15H23NO2/c1-15(2)9-14(6-7-18-15)16-10-12-4-3-5-13(8-12)11-17/h3-5,8,14,16-17H,6-7,9-11H2,1-2H3. The molecule has 0 radical (unpaired) electrons. The van der Waals surface area contributed by atoms with Crippen molar-refractivity contribution < 1.29 is 9.84 Å². The Morgan fingerprint density at radius 2 is 2.17 bits per heavy atom. The van der Waals surface area contributed by atoms with Gasteiger partial charge in [-0.3, -0.25) is 0 Å². The van der Waals surface area contributed by atoms with Crippen LogP contribution in [0.4, 0.5) is 0 Å². The molecule has 2 N–H and O–H groups in total. The second kappa shape index (κ2) is 5.83. The van der Waals surface area contributed by atoms with E-state index in [2.05, 4.69) is 31.3 Å². The Morgan fingerprint density at radius 3 is 2.89 bits per heavy atom. The molecule has 1 atom stereocenters. The van der Waals surface area contributed by atoms with Crippen molar-refractivity contribution in [3.63, 3.8) is 0 Å². The Bertz CT molecular complexity index is 390. The number of hydrogen-bond donors (Lipinski definition) is 2. The Labute approximate surface area is 109 Å². The summed E-state index contributed by atoms with van der Waals surface area (Å²) in [5.41, 5.74) is 2.19. The van der Waals surface area contributed by atoms with E-state index in [1.807, 2.05) is 12.1 Å². The van der Waals surface area contributed by atoms with Crippen LogP contribution in [0.15, 0.2) is 24.3 Å². The van der Waals surface area contributed by atoms with Crippen molar-refractivity contribution in [3.8, 4) is 0 Å². The van der Waals surface area contributed by atoms with Crippen molar-refractivity contribution in [2.75, 3.05) is 6.61 Å². The molecule has 1 saturated heterocycles. The first kappa shape index (κ1) is 13.5. The van der Waals surface area contributed by atoms with Crippen molar-refractivity contribution in [2.24, 2.45) is 0 Å². The topological polar surface area (TPSA) is 41.5 Å². The van der Waals surface area contributed by atoms with Crippen LogP contribution in [0.5, 0.6) is 0 Å². The fraction of sp³-hybridized carbons (Fsp3) is 0.600. The summed E-state index contributed by atoms with van der Waals surface area (Å²) in [5, 5.41) is 12.7. The Kier molecular flexibility index (Phi) is 4.38. The minimum absolute atomic E-state index is 0.0110. The van der Waals surface area contributed by atoms with E-state index in [-0.39, 0.29) is 12.2 Å².